The average Bonchev–Trinajstić information content (AvgIpc) is 2.56. The van der Waals surface area contributed by atoms with Gasteiger partial charge in [-0.2, -0.15) is 0 Å². The number of thioether (sulfide) groups is 1. The van der Waals surface area contributed by atoms with E-state index >= 15 is 0 Å². The van der Waals surface area contributed by atoms with Gasteiger partial charge in [0.2, 0.25) is 0 Å². The number of nitrogens with one attached hydrogen (secondary N) is 2. The van der Waals surface area contributed by atoms with E-state index in [9.17, 15) is 19.7 Å². The second kappa shape index (κ2) is 8.45. The molecule has 25 heavy (non-hydrogen) atoms. The lowest BCUT2D eigenvalue weighted by atomic mass is 10.3. The molecule has 1 heterocycles. The highest BCUT2D eigenvalue weighted by molar-refractivity contribution is 7.98. The molecule has 0 aliphatic carbocycles. The summed E-state index contributed by atoms with van der Waals surface area (Å²) in [7, 11) is 1.74. The molecule has 0 aliphatic rings. The first kappa shape index (κ1) is 18.7. The third kappa shape index (κ3) is 5.16. The van der Waals surface area contributed by atoms with Crippen LogP contribution in [0.2, 0.25) is 0 Å². The van der Waals surface area contributed by atoms with Gasteiger partial charge < -0.3 is 10.2 Å². The van der Waals surface area contributed by atoms with E-state index in [2.05, 4.69) is 5.32 Å². The Bertz CT molecular complexity index is 837. The standard InChI is InChI=1S/C16H18N4O4S/c1-18(11-19-9-12(20(23)24)7-8-16(19)22)10-15(21)17-13-5-3-4-6-14(13)25-2/h3-9H,10-11H2,1-2H3,(H,17,21)/p+1. The second-order valence-corrected chi connectivity index (χ2v) is 6.34. The first-order valence-corrected chi connectivity index (χ1v) is 8.72. The summed E-state index contributed by atoms with van der Waals surface area (Å²) >= 11 is 1.53. The van der Waals surface area contributed by atoms with Crippen molar-refractivity contribution in [2.75, 3.05) is 25.2 Å². The monoisotopic (exact) mass is 363 g/mol. The molecule has 0 saturated carbocycles. The maximum Gasteiger partial charge on any atom is 0.285 e. The number of carbonyl (C=O) groups excluding carboxylic acids is 1. The molecule has 8 nitrogen and oxygen atoms in total. The van der Waals surface area contributed by atoms with E-state index in [0.717, 1.165) is 21.5 Å². The van der Waals surface area contributed by atoms with Crippen molar-refractivity contribution in [3.63, 3.8) is 0 Å². The lowest BCUT2D eigenvalue weighted by Crippen LogP contribution is -3.09. The van der Waals surface area contributed by atoms with Crippen LogP contribution in [0.15, 0.2) is 52.3 Å². The molecular weight excluding hydrogens is 344 g/mol. The number of aromatic nitrogens is 1. The number of rotatable bonds is 7. The fraction of sp³-hybridized carbons (Fsp3) is 0.250. The number of nitro groups is 1. The zero-order chi connectivity index (χ0) is 18.4. The molecule has 0 aliphatic heterocycles. The molecular formula is C16H19N4O4S+. The Labute approximate surface area is 148 Å². The average molecular weight is 363 g/mol. The Hall–Kier alpha value is -2.65. The van der Waals surface area contributed by atoms with Crippen molar-refractivity contribution in [1.29, 1.82) is 0 Å². The van der Waals surface area contributed by atoms with E-state index in [4.69, 9.17) is 0 Å². The highest BCUT2D eigenvalue weighted by Gasteiger charge is 2.14. The summed E-state index contributed by atoms with van der Waals surface area (Å²) in [4.78, 5) is 36.0. The molecule has 9 heteroatoms. The van der Waals surface area contributed by atoms with Gasteiger partial charge in [0.25, 0.3) is 17.2 Å². The molecule has 132 valence electrons. The molecule has 2 N–H and O–H groups in total. The summed E-state index contributed by atoms with van der Waals surface area (Å²) in [6.45, 7) is 0.274. The predicted molar refractivity (Wildman–Crippen MR) is 96.0 cm³/mol. The Kier molecular flexibility index (Phi) is 6.31. The fourth-order valence-corrected chi connectivity index (χ4v) is 2.87. The normalized spacial score (nSPS) is 11.8. The molecule has 0 spiro atoms. The fourth-order valence-electron chi connectivity index (χ4n) is 2.31. The van der Waals surface area contributed by atoms with Gasteiger partial charge in [-0.3, -0.25) is 24.3 Å². The summed E-state index contributed by atoms with van der Waals surface area (Å²) in [6.07, 6.45) is 3.11. The van der Waals surface area contributed by atoms with Crippen molar-refractivity contribution in [2.45, 2.75) is 11.6 Å². The van der Waals surface area contributed by atoms with E-state index in [0.29, 0.717) is 0 Å². The van der Waals surface area contributed by atoms with Gasteiger partial charge >= 0.3 is 0 Å². The molecule has 1 aromatic carbocycles. The SMILES string of the molecule is CSc1ccccc1NC(=O)C[NH+](C)Cn1cc([N+](=O)[O-])ccc1=O. The molecule has 0 radical (unpaired) electrons. The number of para-hydroxylation sites is 1. The topological polar surface area (TPSA) is 98.7 Å². The van der Waals surface area contributed by atoms with Gasteiger partial charge in [0.05, 0.1) is 23.9 Å². The number of benzene rings is 1. The number of quaternary nitrogens is 1. The molecule has 0 bridgehead atoms. The summed E-state index contributed by atoms with van der Waals surface area (Å²) in [5.74, 6) is -0.197. The van der Waals surface area contributed by atoms with Crippen molar-refractivity contribution in [2.24, 2.45) is 0 Å². The third-order valence-electron chi connectivity index (χ3n) is 3.46. The van der Waals surface area contributed by atoms with E-state index in [-0.39, 0.29) is 30.4 Å². The van der Waals surface area contributed by atoms with Crippen LogP contribution in [0.4, 0.5) is 11.4 Å². The molecule has 1 atom stereocenters. The minimum atomic E-state index is -0.558. The Balaban J connectivity index is 2.01. The van der Waals surface area contributed by atoms with Gasteiger partial charge in [-0.1, -0.05) is 12.1 Å². The molecule has 0 fully saturated rings. The highest BCUT2D eigenvalue weighted by Crippen LogP contribution is 2.24. The summed E-state index contributed by atoms with van der Waals surface area (Å²) in [5.41, 5.74) is 0.226. The summed E-state index contributed by atoms with van der Waals surface area (Å²) < 4.78 is 1.23. The maximum absolute atomic E-state index is 12.2. The molecule has 1 aromatic heterocycles. The van der Waals surface area contributed by atoms with Crippen molar-refractivity contribution in [3.8, 4) is 0 Å². The van der Waals surface area contributed by atoms with Crippen molar-refractivity contribution < 1.29 is 14.6 Å². The van der Waals surface area contributed by atoms with Crippen LogP contribution in [0.25, 0.3) is 0 Å². The van der Waals surface area contributed by atoms with Crippen LogP contribution in [0.3, 0.4) is 0 Å². The van der Waals surface area contributed by atoms with Gasteiger partial charge in [0.15, 0.2) is 13.2 Å². The van der Waals surface area contributed by atoms with E-state index in [1.54, 1.807) is 7.05 Å². The lowest BCUT2D eigenvalue weighted by Gasteiger charge is -2.15. The predicted octanol–water partition coefficient (Wildman–Crippen LogP) is 0.589. The number of pyridine rings is 1. The van der Waals surface area contributed by atoms with Crippen molar-refractivity contribution in [3.05, 3.63) is 63.1 Å². The number of carbonyl (C=O) groups is 1. The van der Waals surface area contributed by atoms with Crippen LogP contribution < -0.4 is 15.8 Å². The minimum absolute atomic E-state index is 0.123. The first-order chi connectivity index (χ1) is 11.9. The van der Waals surface area contributed by atoms with Crippen molar-refractivity contribution in [1.82, 2.24) is 4.57 Å². The van der Waals surface area contributed by atoms with Gasteiger partial charge in [-0.15, -0.1) is 11.8 Å². The number of likely N-dealkylation sites (N-methyl/N-ethyl adjacent to an activating group) is 1. The number of nitrogens with zero attached hydrogens (tertiary/aromatic N) is 2. The van der Waals surface area contributed by atoms with Crippen LogP contribution in [0, 0.1) is 10.1 Å². The molecule has 2 aromatic rings. The Morgan fingerprint density at radius 3 is 2.72 bits per heavy atom. The largest absolute Gasteiger partial charge is 0.320 e. The van der Waals surface area contributed by atoms with Crippen molar-refractivity contribution >= 4 is 29.0 Å². The number of amides is 1. The molecule has 0 saturated heterocycles. The molecule has 1 unspecified atom stereocenters. The molecule has 2 rings (SSSR count). The zero-order valence-electron chi connectivity index (χ0n) is 13.9. The number of hydrogen-bond donors (Lipinski definition) is 2. The first-order valence-electron chi connectivity index (χ1n) is 7.49. The van der Waals surface area contributed by atoms with Crippen LogP contribution in [-0.2, 0) is 11.5 Å². The van der Waals surface area contributed by atoms with E-state index in [1.807, 2.05) is 30.5 Å². The second-order valence-electron chi connectivity index (χ2n) is 5.49. The third-order valence-corrected chi connectivity index (χ3v) is 4.26. The highest BCUT2D eigenvalue weighted by atomic mass is 32.2. The Morgan fingerprint density at radius 1 is 1.32 bits per heavy atom. The summed E-state index contributed by atoms with van der Waals surface area (Å²) in [6, 6.07) is 9.80. The van der Waals surface area contributed by atoms with Crippen LogP contribution in [0.1, 0.15) is 0 Å². The Morgan fingerprint density at radius 2 is 2.04 bits per heavy atom. The van der Waals surface area contributed by atoms with Crippen LogP contribution in [-0.4, -0.2) is 35.2 Å². The zero-order valence-corrected chi connectivity index (χ0v) is 14.7. The smallest absolute Gasteiger partial charge is 0.285 e. The van der Waals surface area contributed by atoms with Gasteiger partial charge in [-0.05, 0) is 18.4 Å². The van der Waals surface area contributed by atoms with Gasteiger partial charge in [0, 0.05) is 17.0 Å². The molecule has 1 amide bonds. The van der Waals surface area contributed by atoms with Gasteiger partial charge in [-0.25, -0.2) is 0 Å². The lowest BCUT2D eigenvalue weighted by molar-refractivity contribution is -0.895. The number of anilines is 1. The van der Waals surface area contributed by atoms with E-state index < -0.39 is 4.92 Å². The quantitative estimate of drug-likeness (QED) is 0.426. The van der Waals surface area contributed by atoms with Crippen LogP contribution >= 0.6 is 11.8 Å². The van der Waals surface area contributed by atoms with E-state index in [1.165, 1.54) is 28.6 Å². The van der Waals surface area contributed by atoms with Gasteiger partial charge in [0.1, 0.15) is 0 Å². The summed E-state index contributed by atoms with van der Waals surface area (Å²) in [5, 5.41) is 13.7. The minimum Gasteiger partial charge on any atom is -0.320 e. The maximum atomic E-state index is 12.2. The van der Waals surface area contributed by atoms with Crippen LogP contribution in [0.5, 0.6) is 0 Å². The number of hydrogen-bond acceptors (Lipinski definition) is 5.